The van der Waals surface area contributed by atoms with Gasteiger partial charge in [-0.15, -0.1) is 0 Å². The molecule has 45 valence electrons. The number of ether oxygens (including phenoxy) is 1. The van der Waals surface area contributed by atoms with Gasteiger partial charge in [-0.3, -0.25) is 0 Å². The maximum Gasteiger partial charge on any atom is 0.331 e. The van der Waals surface area contributed by atoms with Gasteiger partial charge in [0.15, 0.2) is 0 Å². The van der Waals surface area contributed by atoms with Crippen molar-refractivity contribution >= 4 is 5.97 Å². The molecule has 0 amide bonds. The fourth-order valence-electron chi connectivity index (χ4n) is 0.302. The van der Waals surface area contributed by atoms with Crippen LogP contribution in [-0.2, 0) is 9.53 Å². The summed E-state index contributed by atoms with van der Waals surface area (Å²) in [7, 11) is 0. The Bertz CT molecular complexity index is 94.7. The van der Waals surface area contributed by atoms with Crippen LogP contribution in [0.4, 0.5) is 0 Å². The molecule has 2 heteroatoms. The van der Waals surface area contributed by atoms with Gasteiger partial charge in [0, 0.05) is 6.08 Å². The quantitative estimate of drug-likeness (QED) is 0.393. The summed E-state index contributed by atoms with van der Waals surface area (Å²) in [5.74, 6) is -0.324. The van der Waals surface area contributed by atoms with E-state index in [0.717, 1.165) is 0 Å². The number of allylic oxidation sites excluding steroid dienone is 1. The van der Waals surface area contributed by atoms with E-state index >= 15 is 0 Å². The predicted molar refractivity (Wildman–Crippen MR) is 30.1 cm³/mol. The smallest absolute Gasteiger partial charge is 0.331 e. The molecule has 0 saturated carbocycles. The Kier molecular flexibility index (Phi) is 3.94. The first kappa shape index (κ1) is 7.21. The van der Waals surface area contributed by atoms with Gasteiger partial charge in [-0.05, 0) is 19.9 Å². The van der Waals surface area contributed by atoms with Crippen molar-refractivity contribution in [1.29, 1.82) is 0 Å². The molecule has 0 fully saturated rings. The van der Waals surface area contributed by atoms with E-state index in [1.165, 1.54) is 6.08 Å². The molecule has 0 spiro atoms. The fraction of sp³-hybridized carbons (Fsp3) is 0.500. The van der Waals surface area contributed by atoms with Crippen LogP contribution >= 0.6 is 0 Å². The van der Waals surface area contributed by atoms with Crippen molar-refractivity contribution in [3.63, 3.8) is 0 Å². The standard InChI is InChI=1S/C6H9O2/c1-3-5-6(7)8-4-2/h5H,4H2,1-2H3. The van der Waals surface area contributed by atoms with E-state index in [0.29, 0.717) is 6.61 Å². The van der Waals surface area contributed by atoms with Gasteiger partial charge in [0.1, 0.15) is 0 Å². The topological polar surface area (TPSA) is 26.3 Å². The van der Waals surface area contributed by atoms with Crippen LogP contribution in [0.3, 0.4) is 0 Å². The van der Waals surface area contributed by atoms with Gasteiger partial charge in [0.25, 0.3) is 0 Å². The summed E-state index contributed by atoms with van der Waals surface area (Å²) in [5.41, 5.74) is 0. The zero-order chi connectivity index (χ0) is 6.41. The first-order valence-electron chi connectivity index (χ1n) is 2.48. The molecule has 0 saturated heterocycles. The number of hydrogen-bond donors (Lipinski definition) is 0. The summed E-state index contributed by atoms with van der Waals surface area (Å²) in [6.45, 7) is 3.84. The highest BCUT2D eigenvalue weighted by molar-refractivity contribution is 5.81. The lowest BCUT2D eigenvalue weighted by atomic mass is 10.5. The van der Waals surface area contributed by atoms with E-state index in [-0.39, 0.29) is 5.97 Å². The predicted octanol–water partition coefficient (Wildman–Crippen LogP) is 0.929. The van der Waals surface area contributed by atoms with Gasteiger partial charge in [-0.1, -0.05) is 0 Å². The first-order valence-corrected chi connectivity index (χ1v) is 2.48. The molecule has 0 atom stereocenters. The third-order valence-corrected chi connectivity index (χ3v) is 0.549. The van der Waals surface area contributed by atoms with Crippen molar-refractivity contribution in [2.24, 2.45) is 0 Å². The maximum absolute atomic E-state index is 10.3. The Morgan fingerprint density at radius 1 is 1.88 bits per heavy atom. The van der Waals surface area contributed by atoms with Crippen molar-refractivity contribution < 1.29 is 9.53 Å². The van der Waals surface area contributed by atoms with Gasteiger partial charge in [0.2, 0.25) is 0 Å². The Morgan fingerprint density at radius 3 is 2.88 bits per heavy atom. The van der Waals surface area contributed by atoms with E-state index < -0.39 is 0 Å². The lowest BCUT2D eigenvalue weighted by Gasteiger charge is -1.91. The van der Waals surface area contributed by atoms with Gasteiger partial charge in [-0.2, -0.15) is 0 Å². The summed E-state index contributed by atoms with van der Waals surface area (Å²) in [6.07, 6.45) is 3.82. The second-order valence-electron chi connectivity index (χ2n) is 1.19. The number of carbonyl (C=O) groups excluding carboxylic acids is 1. The maximum atomic E-state index is 10.3. The molecule has 0 aromatic carbocycles. The lowest BCUT2D eigenvalue weighted by Crippen LogP contribution is -1.98. The summed E-state index contributed by atoms with van der Waals surface area (Å²) in [6, 6.07) is 0. The van der Waals surface area contributed by atoms with Gasteiger partial charge < -0.3 is 4.74 Å². The molecule has 0 aliphatic rings. The second-order valence-corrected chi connectivity index (χ2v) is 1.19. The van der Waals surface area contributed by atoms with Crippen LogP contribution in [0.25, 0.3) is 0 Å². The van der Waals surface area contributed by atoms with E-state index in [4.69, 9.17) is 0 Å². The minimum atomic E-state index is -0.324. The average Bonchev–Trinajstić information content (AvgIpc) is 1.68. The van der Waals surface area contributed by atoms with Crippen LogP contribution in [0.5, 0.6) is 0 Å². The van der Waals surface area contributed by atoms with Crippen molar-refractivity contribution in [2.45, 2.75) is 13.8 Å². The Morgan fingerprint density at radius 2 is 2.50 bits per heavy atom. The molecule has 0 heterocycles. The fourth-order valence-corrected chi connectivity index (χ4v) is 0.302. The van der Waals surface area contributed by atoms with Gasteiger partial charge >= 0.3 is 5.97 Å². The van der Waals surface area contributed by atoms with Crippen LogP contribution < -0.4 is 0 Å². The van der Waals surface area contributed by atoms with E-state index in [9.17, 15) is 4.79 Å². The highest BCUT2D eigenvalue weighted by atomic mass is 16.5. The third-order valence-electron chi connectivity index (χ3n) is 0.549. The molecule has 0 aromatic heterocycles. The van der Waals surface area contributed by atoms with Crippen LogP contribution in [0.1, 0.15) is 13.8 Å². The van der Waals surface area contributed by atoms with Crippen molar-refractivity contribution in [2.75, 3.05) is 6.61 Å². The third kappa shape index (κ3) is 3.40. The molecular formula is C6H9O2. The number of esters is 1. The van der Waals surface area contributed by atoms with Crippen LogP contribution in [0, 0.1) is 6.08 Å². The highest BCUT2D eigenvalue weighted by Gasteiger charge is 1.88. The Hall–Kier alpha value is -0.790. The summed E-state index contributed by atoms with van der Waals surface area (Å²) >= 11 is 0. The van der Waals surface area contributed by atoms with Crippen molar-refractivity contribution in [3.05, 3.63) is 12.2 Å². The molecular weight excluding hydrogens is 104 g/mol. The normalized spacial score (nSPS) is 9.75. The van der Waals surface area contributed by atoms with Gasteiger partial charge in [0.05, 0.1) is 6.61 Å². The largest absolute Gasteiger partial charge is 0.463 e. The Labute approximate surface area is 49.1 Å². The van der Waals surface area contributed by atoms with Gasteiger partial charge in [-0.25, -0.2) is 4.79 Å². The zero-order valence-corrected chi connectivity index (χ0v) is 5.10. The number of carbonyl (C=O) groups is 1. The van der Waals surface area contributed by atoms with E-state index in [2.05, 4.69) is 10.8 Å². The molecule has 0 aliphatic carbocycles. The molecule has 0 bridgehead atoms. The van der Waals surface area contributed by atoms with Crippen molar-refractivity contribution in [3.8, 4) is 0 Å². The molecule has 0 unspecified atom stereocenters. The monoisotopic (exact) mass is 113 g/mol. The Balaban J connectivity index is 3.33. The molecule has 2 nitrogen and oxygen atoms in total. The molecule has 0 rings (SSSR count). The molecule has 0 N–H and O–H groups in total. The van der Waals surface area contributed by atoms with Crippen LogP contribution in [0.15, 0.2) is 6.08 Å². The molecule has 8 heavy (non-hydrogen) atoms. The molecule has 1 radical (unpaired) electrons. The minimum Gasteiger partial charge on any atom is -0.463 e. The first-order chi connectivity index (χ1) is 3.81. The molecule has 0 aromatic rings. The number of hydrogen-bond acceptors (Lipinski definition) is 2. The molecule has 0 aliphatic heterocycles. The highest BCUT2D eigenvalue weighted by Crippen LogP contribution is 1.77. The lowest BCUT2D eigenvalue weighted by molar-refractivity contribution is -0.137. The summed E-state index contributed by atoms with van der Waals surface area (Å²) < 4.78 is 4.53. The number of rotatable bonds is 2. The summed E-state index contributed by atoms with van der Waals surface area (Å²) in [4.78, 5) is 10.3. The van der Waals surface area contributed by atoms with E-state index in [1.807, 2.05) is 0 Å². The summed E-state index contributed by atoms with van der Waals surface area (Å²) in [5, 5.41) is 0. The SMILES string of the molecule is C/[C]=C\C(=O)OCC. The van der Waals surface area contributed by atoms with Crippen LogP contribution in [-0.4, -0.2) is 12.6 Å². The van der Waals surface area contributed by atoms with Crippen LogP contribution in [0.2, 0.25) is 0 Å². The zero-order valence-electron chi connectivity index (χ0n) is 5.10. The van der Waals surface area contributed by atoms with E-state index in [1.54, 1.807) is 13.8 Å². The van der Waals surface area contributed by atoms with Crippen molar-refractivity contribution in [1.82, 2.24) is 0 Å². The average molecular weight is 113 g/mol. The second kappa shape index (κ2) is 4.37. The minimum absolute atomic E-state index is 0.324.